The van der Waals surface area contributed by atoms with Crippen LogP contribution in [-0.2, 0) is 6.18 Å². The molecule has 1 N–H and O–H groups in total. The molecule has 2 aliphatic rings. The molecule has 3 heterocycles. The number of ether oxygens (including phenoxy) is 1. The maximum Gasteiger partial charge on any atom is 0.419 e. The monoisotopic (exact) mass is 432 g/mol. The molecule has 0 aliphatic carbocycles. The second kappa shape index (κ2) is 9.26. The Balaban J connectivity index is 1.44. The van der Waals surface area contributed by atoms with Crippen LogP contribution >= 0.6 is 0 Å². The zero-order valence-electron chi connectivity index (χ0n) is 17.6. The number of hydrogen-bond acceptors (Lipinski definition) is 5. The molecule has 0 radical (unpaired) electrons. The molecule has 1 aromatic heterocycles. The van der Waals surface area contributed by atoms with Crippen molar-refractivity contribution in [3.05, 3.63) is 53.5 Å². The number of rotatable bonds is 5. The highest BCUT2D eigenvalue weighted by Crippen LogP contribution is 2.36. The standard InChI is InChI=1S/C23H27F3N4O/c1-16-11-27-9-8-18(16)20-12-28-13-22(29-20)30-10-4-5-17(14-30)15-31-21-7-3-2-6-19(21)23(24,25)26/h2-3,6-7,12-13,17,27H,4-5,8-11,14-15H2,1H3. The van der Waals surface area contributed by atoms with E-state index in [0.29, 0.717) is 6.54 Å². The number of aromatic nitrogens is 2. The molecule has 31 heavy (non-hydrogen) atoms. The van der Waals surface area contributed by atoms with Gasteiger partial charge in [0.2, 0.25) is 0 Å². The van der Waals surface area contributed by atoms with Gasteiger partial charge < -0.3 is 15.0 Å². The van der Waals surface area contributed by atoms with Crippen LogP contribution in [-0.4, -0.2) is 42.8 Å². The molecule has 0 amide bonds. The van der Waals surface area contributed by atoms with Crippen LogP contribution in [0.5, 0.6) is 5.75 Å². The van der Waals surface area contributed by atoms with Crippen LogP contribution < -0.4 is 15.0 Å². The van der Waals surface area contributed by atoms with E-state index in [2.05, 4.69) is 22.1 Å². The average Bonchev–Trinajstić information content (AvgIpc) is 2.78. The number of nitrogens with one attached hydrogen (secondary N) is 1. The van der Waals surface area contributed by atoms with Gasteiger partial charge in [0.1, 0.15) is 11.6 Å². The number of hydrogen-bond donors (Lipinski definition) is 1. The van der Waals surface area contributed by atoms with Gasteiger partial charge in [0, 0.05) is 25.6 Å². The van der Waals surface area contributed by atoms with Crippen molar-refractivity contribution in [1.29, 1.82) is 0 Å². The predicted molar refractivity (Wildman–Crippen MR) is 114 cm³/mol. The molecule has 0 bridgehead atoms. The van der Waals surface area contributed by atoms with Crippen LogP contribution in [0.3, 0.4) is 0 Å². The van der Waals surface area contributed by atoms with Crippen LogP contribution in [0.4, 0.5) is 19.0 Å². The lowest BCUT2D eigenvalue weighted by Crippen LogP contribution is -2.38. The van der Waals surface area contributed by atoms with Gasteiger partial charge >= 0.3 is 6.18 Å². The van der Waals surface area contributed by atoms with Gasteiger partial charge in [-0.05, 0) is 50.4 Å². The molecule has 166 valence electrons. The summed E-state index contributed by atoms with van der Waals surface area (Å²) in [6.45, 7) is 5.69. The minimum atomic E-state index is -4.42. The molecular formula is C23H27F3N4O. The smallest absolute Gasteiger partial charge is 0.419 e. The maximum atomic E-state index is 13.2. The third-order valence-electron chi connectivity index (χ3n) is 5.90. The van der Waals surface area contributed by atoms with Crippen molar-refractivity contribution in [1.82, 2.24) is 15.3 Å². The summed E-state index contributed by atoms with van der Waals surface area (Å²) in [6.07, 6.45) is 1.93. The van der Waals surface area contributed by atoms with E-state index in [1.54, 1.807) is 12.3 Å². The Bertz CT molecular complexity index is 944. The molecule has 0 saturated carbocycles. The Morgan fingerprint density at radius 1 is 1.23 bits per heavy atom. The van der Waals surface area contributed by atoms with Crippen molar-refractivity contribution in [3.8, 4) is 5.75 Å². The van der Waals surface area contributed by atoms with Gasteiger partial charge in [-0.1, -0.05) is 17.7 Å². The lowest BCUT2D eigenvalue weighted by molar-refractivity contribution is -0.139. The van der Waals surface area contributed by atoms with Crippen molar-refractivity contribution in [2.45, 2.75) is 32.4 Å². The minimum Gasteiger partial charge on any atom is -0.493 e. The van der Waals surface area contributed by atoms with E-state index in [1.165, 1.54) is 23.3 Å². The van der Waals surface area contributed by atoms with Crippen molar-refractivity contribution >= 4 is 11.4 Å². The SMILES string of the molecule is CC1=C(c2cncc(N3CCCC(COc4ccccc4C(F)(F)F)C3)n2)CCNC1. The first-order chi connectivity index (χ1) is 14.9. The molecular weight excluding hydrogens is 405 g/mol. The molecule has 1 unspecified atom stereocenters. The van der Waals surface area contributed by atoms with E-state index in [4.69, 9.17) is 9.72 Å². The lowest BCUT2D eigenvalue weighted by Gasteiger charge is -2.33. The van der Waals surface area contributed by atoms with E-state index in [1.807, 2.05) is 6.20 Å². The molecule has 1 fully saturated rings. The summed E-state index contributed by atoms with van der Waals surface area (Å²) in [5.41, 5.74) is 2.71. The van der Waals surface area contributed by atoms with E-state index in [-0.39, 0.29) is 18.3 Å². The number of para-hydroxylation sites is 1. The molecule has 1 saturated heterocycles. The van der Waals surface area contributed by atoms with Gasteiger partial charge in [-0.15, -0.1) is 0 Å². The van der Waals surface area contributed by atoms with Crippen LogP contribution in [0.2, 0.25) is 0 Å². The first-order valence-electron chi connectivity index (χ1n) is 10.7. The van der Waals surface area contributed by atoms with E-state index in [0.717, 1.165) is 56.5 Å². The van der Waals surface area contributed by atoms with Crippen LogP contribution in [0.15, 0.2) is 42.2 Å². The topological polar surface area (TPSA) is 50.3 Å². The Kier molecular flexibility index (Phi) is 6.46. The third-order valence-corrected chi connectivity index (χ3v) is 5.90. The Morgan fingerprint density at radius 3 is 2.87 bits per heavy atom. The van der Waals surface area contributed by atoms with Gasteiger partial charge in [-0.3, -0.25) is 4.98 Å². The van der Waals surface area contributed by atoms with Gasteiger partial charge in [-0.25, -0.2) is 4.98 Å². The summed E-state index contributed by atoms with van der Waals surface area (Å²) in [5.74, 6) is 0.833. The highest BCUT2D eigenvalue weighted by atomic mass is 19.4. The fourth-order valence-corrected chi connectivity index (χ4v) is 4.25. The highest BCUT2D eigenvalue weighted by molar-refractivity contribution is 5.67. The summed E-state index contributed by atoms with van der Waals surface area (Å²) in [5, 5.41) is 3.36. The summed E-state index contributed by atoms with van der Waals surface area (Å²) in [4.78, 5) is 11.4. The fourth-order valence-electron chi connectivity index (χ4n) is 4.25. The number of piperidine rings is 1. The largest absolute Gasteiger partial charge is 0.493 e. The van der Waals surface area contributed by atoms with E-state index in [9.17, 15) is 13.2 Å². The van der Waals surface area contributed by atoms with Gasteiger partial charge in [0.15, 0.2) is 0 Å². The zero-order valence-corrected chi connectivity index (χ0v) is 17.6. The summed E-state index contributed by atoms with van der Waals surface area (Å²) >= 11 is 0. The Morgan fingerprint density at radius 2 is 2.06 bits per heavy atom. The summed E-state index contributed by atoms with van der Waals surface area (Å²) < 4.78 is 45.2. The fraction of sp³-hybridized carbons (Fsp3) is 0.478. The molecule has 2 aromatic rings. The molecule has 5 nitrogen and oxygen atoms in total. The van der Waals surface area contributed by atoms with E-state index < -0.39 is 11.7 Å². The van der Waals surface area contributed by atoms with Crippen LogP contribution in [0.1, 0.15) is 37.4 Å². The van der Waals surface area contributed by atoms with Crippen molar-refractivity contribution < 1.29 is 17.9 Å². The molecule has 1 atom stereocenters. The van der Waals surface area contributed by atoms with Crippen LogP contribution in [0.25, 0.3) is 5.57 Å². The summed E-state index contributed by atoms with van der Waals surface area (Å²) in [7, 11) is 0. The second-order valence-electron chi connectivity index (χ2n) is 8.21. The second-order valence-corrected chi connectivity index (χ2v) is 8.21. The van der Waals surface area contributed by atoms with Gasteiger partial charge in [0.25, 0.3) is 0 Å². The first kappa shape index (κ1) is 21.6. The number of nitrogens with zero attached hydrogens (tertiary/aromatic N) is 3. The van der Waals surface area contributed by atoms with E-state index >= 15 is 0 Å². The minimum absolute atomic E-state index is 0.109. The third kappa shape index (κ3) is 5.18. The number of benzene rings is 1. The van der Waals surface area contributed by atoms with Crippen molar-refractivity contribution in [2.75, 3.05) is 37.7 Å². The molecule has 2 aliphatic heterocycles. The molecule has 0 spiro atoms. The van der Waals surface area contributed by atoms with Gasteiger partial charge in [-0.2, -0.15) is 13.2 Å². The summed E-state index contributed by atoms with van der Waals surface area (Å²) in [6, 6.07) is 5.38. The quantitative estimate of drug-likeness (QED) is 0.751. The normalized spacial score (nSPS) is 20.1. The predicted octanol–water partition coefficient (Wildman–Crippen LogP) is 4.56. The highest BCUT2D eigenvalue weighted by Gasteiger charge is 2.34. The van der Waals surface area contributed by atoms with Crippen molar-refractivity contribution in [3.63, 3.8) is 0 Å². The number of alkyl halides is 3. The number of anilines is 1. The first-order valence-corrected chi connectivity index (χ1v) is 10.7. The molecule has 4 rings (SSSR count). The zero-order chi connectivity index (χ0) is 21.8. The molecule has 1 aromatic carbocycles. The van der Waals surface area contributed by atoms with Gasteiger partial charge in [0.05, 0.1) is 30.3 Å². The Labute approximate surface area is 180 Å². The van der Waals surface area contributed by atoms with Crippen LogP contribution in [0, 0.1) is 5.92 Å². The lowest BCUT2D eigenvalue weighted by atomic mass is 9.98. The Hall–Kier alpha value is -2.61. The maximum absolute atomic E-state index is 13.2. The number of halogens is 3. The van der Waals surface area contributed by atoms with Crippen molar-refractivity contribution in [2.24, 2.45) is 5.92 Å². The average molecular weight is 432 g/mol. The molecule has 8 heteroatoms.